The van der Waals surface area contributed by atoms with Crippen molar-refractivity contribution in [2.75, 3.05) is 0 Å². The molecule has 0 saturated carbocycles. The first-order valence-electron chi connectivity index (χ1n) is 5.40. The number of aliphatic hydroxyl groups is 1. The third-order valence-electron chi connectivity index (χ3n) is 2.14. The van der Waals surface area contributed by atoms with Crippen LogP contribution in [0.25, 0.3) is 0 Å². The smallest absolute Gasteiger partial charge is 0.135 e. The molecule has 0 saturated heterocycles. The predicted octanol–water partition coefficient (Wildman–Crippen LogP) is 2.69. The second kappa shape index (κ2) is 8.24. The van der Waals surface area contributed by atoms with E-state index in [4.69, 9.17) is 0 Å². The summed E-state index contributed by atoms with van der Waals surface area (Å²) >= 11 is 0. The highest BCUT2D eigenvalue weighted by Gasteiger charge is 2.08. The van der Waals surface area contributed by atoms with Crippen molar-refractivity contribution in [3.05, 3.63) is 0 Å². The minimum Gasteiger partial charge on any atom is -0.393 e. The number of unbranched alkanes of at least 4 members (excludes halogenated alkanes) is 2. The molecule has 1 atom stereocenters. The first kappa shape index (κ1) is 12.6. The molecule has 1 unspecified atom stereocenters. The van der Waals surface area contributed by atoms with Crippen molar-refractivity contribution in [1.29, 1.82) is 0 Å². The van der Waals surface area contributed by atoms with Gasteiger partial charge in [0.1, 0.15) is 5.78 Å². The van der Waals surface area contributed by atoms with Gasteiger partial charge in [-0.05, 0) is 12.8 Å². The van der Waals surface area contributed by atoms with Gasteiger partial charge in [-0.2, -0.15) is 0 Å². The summed E-state index contributed by atoms with van der Waals surface area (Å²) in [6, 6.07) is 0. The van der Waals surface area contributed by atoms with Crippen LogP contribution >= 0.6 is 0 Å². The molecule has 0 rings (SSSR count). The number of aliphatic hydroxyl groups excluding tert-OH is 1. The Morgan fingerprint density at radius 2 is 1.92 bits per heavy atom. The topological polar surface area (TPSA) is 37.3 Å². The van der Waals surface area contributed by atoms with Crippen LogP contribution in [0.2, 0.25) is 0 Å². The molecule has 0 radical (unpaired) electrons. The van der Waals surface area contributed by atoms with E-state index in [-0.39, 0.29) is 5.78 Å². The Balaban J connectivity index is 3.38. The summed E-state index contributed by atoms with van der Waals surface area (Å²) in [5, 5.41) is 9.36. The van der Waals surface area contributed by atoms with E-state index in [1.54, 1.807) is 0 Å². The molecule has 0 aromatic carbocycles. The van der Waals surface area contributed by atoms with Crippen molar-refractivity contribution >= 4 is 5.78 Å². The van der Waals surface area contributed by atoms with Crippen molar-refractivity contribution in [3.8, 4) is 0 Å². The number of carbonyl (C=O) groups is 1. The molecule has 0 amide bonds. The van der Waals surface area contributed by atoms with Crippen LogP contribution in [0.3, 0.4) is 0 Å². The summed E-state index contributed by atoms with van der Waals surface area (Å²) in [5.74, 6) is 0.217. The van der Waals surface area contributed by atoms with Gasteiger partial charge in [-0.15, -0.1) is 0 Å². The van der Waals surface area contributed by atoms with Crippen LogP contribution in [0.1, 0.15) is 58.8 Å². The van der Waals surface area contributed by atoms with Gasteiger partial charge in [0, 0.05) is 12.8 Å². The summed E-state index contributed by atoms with van der Waals surface area (Å²) in [6.45, 7) is 4.14. The van der Waals surface area contributed by atoms with E-state index in [9.17, 15) is 9.90 Å². The van der Waals surface area contributed by atoms with Gasteiger partial charge in [-0.3, -0.25) is 4.79 Å². The second-order valence-electron chi connectivity index (χ2n) is 3.64. The zero-order valence-electron chi connectivity index (χ0n) is 8.88. The van der Waals surface area contributed by atoms with Gasteiger partial charge in [0.05, 0.1) is 6.10 Å². The molecule has 0 aromatic rings. The maximum Gasteiger partial charge on any atom is 0.135 e. The first-order chi connectivity index (χ1) is 6.20. The lowest BCUT2D eigenvalue weighted by atomic mass is 10.0. The van der Waals surface area contributed by atoms with Crippen molar-refractivity contribution in [1.82, 2.24) is 0 Å². The van der Waals surface area contributed by atoms with Gasteiger partial charge >= 0.3 is 0 Å². The van der Waals surface area contributed by atoms with E-state index >= 15 is 0 Å². The summed E-state index contributed by atoms with van der Waals surface area (Å²) in [4.78, 5) is 11.2. The van der Waals surface area contributed by atoms with E-state index in [2.05, 4.69) is 6.92 Å². The second-order valence-corrected chi connectivity index (χ2v) is 3.64. The monoisotopic (exact) mass is 186 g/mol. The molecule has 0 heterocycles. The minimum atomic E-state index is -0.404. The lowest BCUT2D eigenvalue weighted by molar-refractivity contribution is -0.121. The summed E-state index contributed by atoms with van der Waals surface area (Å²) in [6.07, 6.45) is 5.54. The Kier molecular flexibility index (Phi) is 8.00. The van der Waals surface area contributed by atoms with Crippen LogP contribution in [-0.4, -0.2) is 17.0 Å². The fourth-order valence-corrected chi connectivity index (χ4v) is 1.37. The Morgan fingerprint density at radius 1 is 1.23 bits per heavy atom. The molecule has 2 heteroatoms. The van der Waals surface area contributed by atoms with E-state index in [0.29, 0.717) is 12.8 Å². The third-order valence-corrected chi connectivity index (χ3v) is 2.14. The Labute approximate surface area is 81.3 Å². The molecule has 2 nitrogen and oxygen atoms in total. The fraction of sp³-hybridized carbons (Fsp3) is 0.909. The molecule has 78 valence electrons. The van der Waals surface area contributed by atoms with Crippen LogP contribution in [0.15, 0.2) is 0 Å². The van der Waals surface area contributed by atoms with Crippen LogP contribution in [0, 0.1) is 0 Å². The van der Waals surface area contributed by atoms with Gasteiger partial charge in [-0.1, -0.05) is 33.1 Å². The molecule has 13 heavy (non-hydrogen) atoms. The number of hydrogen-bond acceptors (Lipinski definition) is 2. The third kappa shape index (κ3) is 7.97. The molecule has 0 aliphatic carbocycles. The molecule has 0 aromatic heterocycles. The van der Waals surface area contributed by atoms with Crippen LogP contribution < -0.4 is 0 Å². The number of rotatable bonds is 8. The quantitative estimate of drug-likeness (QED) is 0.592. The summed E-state index contributed by atoms with van der Waals surface area (Å²) in [7, 11) is 0. The van der Waals surface area contributed by atoms with Gasteiger partial charge in [0.15, 0.2) is 0 Å². The van der Waals surface area contributed by atoms with E-state index in [0.717, 1.165) is 32.1 Å². The molecule has 0 aliphatic rings. The van der Waals surface area contributed by atoms with Crippen LogP contribution in [0.5, 0.6) is 0 Å². The number of carbonyl (C=O) groups excluding carboxylic acids is 1. The standard InChI is InChI=1S/C11H22O2/c1-3-5-6-8-11(13)9-10(12)7-4-2/h10,12H,3-9H2,1-2H3. The normalized spacial score (nSPS) is 12.8. The summed E-state index contributed by atoms with van der Waals surface area (Å²) in [5.41, 5.74) is 0. The van der Waals surface area contributed by atoms with Crippen molar-refractivity contribution < 1.29 is 9.90 Å². The maximum atomic E-state index is 11.2. The SMILES string of the molecule is CCCCCC(=O)CC(O)CCC. The van der Waals surface area contributed by atoms with Crippen LogP contribution in [0.4, 0.5) is 0 Å². The molecular weight excluding hydrogens is 164 g/mol. The predicted molar refractivity (Wildman–Crippen MR) is 54.7 cm³/mol. The van der Waals surface area contributed by atoms with E-state index in [1.165, 1.54) is 0 Å². The average molecular weight is 186 g/mol. The number of hydrogen-bond donors (Lipinski definition) is 1. The first-order valence-corrected chi connectivity index (χ1v) is 5.40. The Bertz CT molecular complexity index is 132. The number of Topliss-reactive ketones (excluding diaryl/α,β-unsaturated/α-hetero) is 1. The van der Waals surface area contributed by atoms with Gasteiger partial charge < -0.3 is 5.11 Å². The zero-order valence-corrected chi connectivity index (χ0v) is 8.88. The molecule has 0 bridgehead atoms. The van der Waals surface area contributed by atoms with Gasteiger partial charge in [-0.25, -0.2) is 0 Å². The minimum absolute atomic E-state index is 0.217. The fourth-order valence-electron chi connectivity index (χ4n) is 1.37. The molecule has 1 N–H and O–H groups in total. The largest absolute Gasteiger partial charge is 0.393 e. The number of ketones is 1. The van der Waals surface area contributed by atoms with E-state index < -0.39 is 6.10 Å². The van der Waals surface area contributed by atoms with E-state index in [1.807, 2.05) is 6.92 Å². The molecule has 0 aliphatic heterocycles. The summed E-state index contributed by atoms with van der Waals surface area (Å²) < 4.78 is 0. The lowest BCUT2D eigenvalue weighted by Gasteiger charge is -2.07. The van der Waals surface area contributed by atoms with Gasteiger partial charge in [0.2, 0.25) is 0 Å². The molecule has 0 fully saturated rings. The van der Waals surface area contributed by atoms with Crippen molar-refractivity contribution in [2.45, 2.75) is 64.9 Å². The van der Waals surface area contributed by atoms with Crippen molar-refractivity contribution in [3.63, 3.8) is 0 Å². The lowest BCUT2D eigenvalue weighted by Crippen LogP contribution is -2.12. The zero-order chi connectivity index (χ0) is 10.1. The molecular formula is C11H22O2. The highest BCUT2D eigenvalue weighted by Crippen LogP contribution is 2.07. The highest BCUT2D eigenvalue weighted by atomic mass is 16.3. The van der Waals surface area contributed by atoms with Gasteiger partial charge in [0.25, 0.3) is 0 Å². The Hall–Kier alpha value is -0.370. The average Bonchev–Trinajstić information content (AvgIpc) is 2.05. The molecule has 0 spiro atoms. The Morgan fingerprint density at radius 3 is 2.46 bits per heavy atom. The maximum absolute atomic E-state index is 11.2. The highest BCUT2D eigenvalue weighted by molar-refractivity contribution is 5.78. The van der Waals surface area contributed by atoms with Crippen molar-refractivity contribution in [2.24, 2.45) is 0 Å². The van der Waals surface area contributed by atoms with Crippen LogP contribution in [-0.2, 0) is 4.79 Å².